The molecule has 1 heterocycles. The van der Waals surface area contributed by atoms with Crippen molar-refractivity contribution in [3.63, 3.8) is 0 Å². The summed E-state index contributed by atoms with van der Waals surface area (Å²) in [5.74, 6) is 0.426. The Bertz CT molecular complexity index is 1100. The molecular formula is C29H34FN3O2. The van der Waals surface area contributed by atoms with Gasteiger partial charge in [0.1, 0.15) is 11.6 Å². The molecule has 1 aliphatic heterocycles. The lowest BCUT2D eigenvalue weighted by molar-refractivity contribution is -0.132. The maximum Gasteiger partial charge on any atom is 0.260 e. The van der Waals surface area contributed by atoms with E-state index in [1.165, 1.54) is 17.7 Å². The van der Waals surface area contributed by atoms with E-state index in [0.717, 1.165) is 61.6 Å². The summed E-state index contributed by atoms with van der Waals surface area (Å²) in [6.45, 7) is 5.41. The molecule has 0 radical (unpaired) electrons. The summed E-state index contributed by atoms with van der Waals surface area (Å²) in [7, 11) is 3.96. The van der Waals surface area contributed by atoms with Crippen LogP contribution in [0.3, 0.4) is 0 Å². The molecular weight excluding hydrogens is 441 g/mol. The number of carbonyl (C=O) groups excluding carboxylic acids is 1. The highest BCUT2D eigenvalue weighted by molar-refractivity contribution is 5.77. The minimum atomic E-state index is -0.249. The van der Waals surface area contributed by atoms with Crippen molar-refractivity contribution < 1.29 is 13.9 Å². The Kier molecular flexibility index (Phi) is 8.50. The van der Waals surface area contributed by atoms with E-state index in [1.807, 2.05) is 37.4 Å². The Balaban J connectivity index is 1.43. The Hall–Kier alpha value is -3.22. The third-order valence-electron chi connectivity index (χ3n) is 6.58. The summed E-state index contributed by atoms with van der Waals surface area (Å²) in [4.78, 5) is 19.2. The van der Waals surface area contributed by atoms with Crippen LogP contribution in [0.25, 0.3) is 11.1 Å². The van der Waals surface area contributed by atoms with Crippen molar-refractivity contribution in [2.45, 2.75) is 13.0 Å². The number of hydrogen-bond acceptors (Lipinski definition) is 4. The van der Waals surface area contributed by atoms with E-state index in [4.69, 9.17) is 4.74 Å². The van der Waals surface area contributed by atoms with Crippen molar-refractivity contribution in [3.05, 3.63) is 89.7 Å². The molecule has 0 unspecified atom stereocenters. The van der Waals surface area contributed by atoms with Crippen LogP contribution in [0.2, 0.25) is 0 Å². The van der Waals surface area contributed by atoms with Gasteiger partial charge in [-0.05, 0) is 54.4 Å². The van der Waals surface area contributed by atoms with Crippen LogP contribution in [-0.2, 0) is 17.8 Å². The molecule has 35 heavy (non-hydrogen) atoms. The lowest BCUT2D eigenvalue weighted by atomic mass is 10.0. The van der Waals surface area contributed by atoms with Crippen LogP contribution in [0.1, 0.15) is 11.1 Å². The summed E-state index contributed by atoms with van der Waals surface area (Å²) < 4.78 is 19.5. The van der Waals surface area contributed by atoms with Crippen LogP contribution in [-0.4, -0.2) is 74.0 Å². The van der Waals surface area contributed by atoms with Gasteiger partial charge in [0.15, 0.2) is 6.61 Å². The van der Waals surface area contributed by atoms with Crippen molar-refractivity contribution in [2.75, 3.05) is 53.4 Å². The first-order chi connectivity index (χ1) is 17.0. The monoisotopic (exact) mass is 475 g/mol. The summed E-state index contributed by atoms with van der Waals surface area (Å²) in [5, 5.41) is 0. The largest absolute Gasteiger partial charge is 0.483 e. The van der Waals surface area contributed by atoms with E-state index < -0.39 is 0 Å². The van der Waals surface area contributed by atoms with Crippen LogP contribution in [0.15, 0.2) is 72.8 Å². The van der Waals surface area contributed by atoms with Gasteiger partial charge in [0.25, 0.3) is 5.91 Å². The first-order valence-electron chi connectivity index (χ1n) is 12.2. The van der Waals surface area contributed by atoms with Crippen molar-refractivity contribution in [1.29, 1.82) is 0 Å². The molecule has 1 saturated heterocycles. The van der Waals surface area contributed by atoms with E-state index in [2.05, 4.69) is 35.0 Å². The molecule has 1 amide bonds. The Labute approximate surface area is 207 Å². The van der Waals surface area contributed by atoms with E-state index in [0.29, 0.717) is 6.54 Å². The van der Waals surface area contributed by atoms with Crippen LogP contribution >= 0.6 is 0 Å². The summed E-state index contributed by atoms with van der Waals surface area (Å²) in [5.41, 5.74) is 4.21. The smallest absolute Gasteiger partial charge is 0.260 e. The van der Waals surface area contributed by atoms with Gasteiger partial charge >= 0.3 is 0 Å². The third-order valence-corrected chi connectivity index (χ3v) is 6.58. The summed E-state index contributed by atoms with van der Waals surface area (Å²) in [6, 6.07) is 22.7. The number of rotatable bonds is 9. The number of amides is 1. The first-order valence-corrected chi connectivity index (χ1v) is 12.2. The molecule has 0 N–H and O–H groups in total. The lowest BCUT2D eigenvalue weighted by Crippen LogP contribution is -2.43. The van der Waals surface area contributed by atoms with Crippen molar-refractivity contribution in [3.8, 4) is 16.9 Å². The molecule has 1 fully saturated rings. The predicted molar refractivity (Wildman–Crippen MR) is 138 cm³/mol. The minimum absolute atomic E-state index is 0.00305. The first kappa shape index (κ1) is 24.9. The van der Waals surface area contributed by atoms with E-state index in [1.54, 1.807) is 17.0 Å². The molecule has 1 aliphatic rings. The normalized spacial score (nSPS) is 14.6. The quantitative estimate of drug-likeness (QED) is 0.462. The SMILES string of the molecule is CN1CCN(Cc2cc(-c3ccc(F)cc3)ccc2OCC(=O)N(C)CCc2ccccc2)CC1. The van der Waals surface area contributed by atoms with E-state index in [9.17, 15) is 9.18 Å². The fraction of sp³-hybridized carbons (Fsp3) is 0.345. The number of carbonyl (C=O) groups is 1. The highest BCUT2D eigenvalue weighted by atomic mass is 19.1. The third kappa shape index (κ3) is 7.13. The number of halogens is 1. The van der Waals surface area contributed by atoms with Gasteiger partial charge < -0.3 is 14.5 Å². The number of piperazine rings is 1. The molecule has 0 saturated carbocycles. The van der Waals surface area contributed by atoms with Gasteiger partial charge in [0.2, 0.25) is 0 Å². The van der Waals surface area contributed by atoms with Crippen LogP contribution in [0.5, 0.6) is 5.75 Å². The maximum absolute atomic E-state index is 13.4. The minimum Gasteiger partial charge on any atom is -0.483 e. The highest BCUT2D eigenvalue weighted by Gasteiger charge is 2.18. The zero-order valence-corrected chi connectivity index (χ0v) is 20.6. The molecule has 0 aliphatic carbocycles. The number of ether oxygens (including phenoxy) is 1. The van der Waals surface area contributed by atoms with Crippen molar-refractivity contribution in [2.24, 2.45) is 0 Å². The molecule has 4 rings (SSSR count). The van der Waals surface area contributed by atoms with Gasteiger partial charge in [-0.15, -0.1) is 0 Å². The second-order valence-corrected chi connectivity index (χ2v) is 9.25. The second-order valence-electron chi connectivity index (χ2n) is 9.25. The number of benzene rings is 3. The Morgan fingerprint density at radius 1 is 0.943 bits per heavy atom. The number of likely N-dealkylation sites (N-methyl/N-ethyl adjacent to an activating group) is 2. The predicted octanol–water partition coefficient (Wildman–Crippen LogP) is 4.32. The number of hydrogen-bond donors (Lipinski definition) is 0. The van der Waals surface area contributed by atoms with Crippen LogP contribution in [0.4, 0.5) is 4.39 Å². The molecule has 0 spiro atoms. The zero-order chi connectivity index (χ0) is 24.6. The van der Waals surface area contributed by atoms with E-state index >= 15 is 0 Å². The Morgan fingerprint density at radius 3 is 2.34 bits per heavy atom. The average molecular weight is 476 g/mol. The molecule has 3 aromatic carbocycles. The highest BCUT2D eigenvalue weighted by Crippen LogP contribution is 2.28. The molecule has 0 bridgehead atoms. The van der Waals surface area contributed by atoms with Gasteiger partial charge in [-0.25, -0.2) is 4.39 Å². The van der Waals surface area contributed by atoms with E-state index in [-0.39, 0.29) is 18.3 Å². The second kappa shape index (κ2) is 12.0. The molecule has 5 nitrogen and oxygen atoms in total. The Morgan fingerprint density at radius 2 is 1.63 bits per heavy atom. The topological polar surface area (TPSA) is 36.0 Å². The van der Waals surface area contributed by atoms with Gasteiger partial charge in [0.05, 0.1) is 0 Å². The number of nitrogens with zero attached hydrogens (tertiary/aromatic N) is 3. The fourth-order valence-electron chi connectivity index (χ4n) is 4.23. The van der Waals surface area contributed by atoms with Crippen molar-refractivity contribution >= 4 is 5.91 Å². The average Bonchev–Trinajstić information content (AvgIpc) is 2.88. The summed E-state index contributed by atoms with van der Waals surface area (Å²) in [6.07, 6.45) is 0.810. The summed E-state index contributed by atoms with van der Waals surface area (Å²) >= 11 is 0. The van der Waals surface area contributed by atoms with Crippen molar-refractivity contribution in [1.82, 2.24) is 14.7 Å². The molecule has 6 heteroatoms. The van der Waals surface area contributed by atoms with Gasteiger partial charge in [-0.2, -0.15) is 0 Å². The molecule has 3 aromatic rings. The maximum atomic E-state index is 13.4. The molecule has 184 valence electrons. The standard InChI is InChI=1S/C29H34FN3O2/c1-31-16-18-33(19-17-31)21-26-20-25(24-8-11-27(30)12-9-24)10-13-28(26)35-22-29(34)32(2)15-14-23-6-4-3-5-7-23/h3-13,20H,14-19,21-22H2,1-2H3. The van der Waals surface area contributed by atoms with Gasteiger partial charge in [0, 0.05) is 51.9 Å². The zero-order valence-electron chi connectivity index (χ0n) is 20.6. The lowest BCUT2D eigenvalue weighted by Gasteiger charge is -2.32. The van der Waals surface area contributed by atoms with Gasteiger partial charge in [-0.1, -0.05) is 48.5 Å². The van der Waals surface area contributed by atoms with Gasteiger partial charge in [-0.3, -0.25) is 9.69 Å². The van der Waals surface area contributed by atoms with Crippen LogP contribution < -0.4 is 4.74 Å². The fourth-order valence-corrected chi connectivity index (χ4v) is 4.23. The molecule has 0 aromatic heterocycles. The molecule has 0 atom stereocenters. The van der Waals surface area contributed by atoms with Crippen LogP contribution in [0, 0.1) is 5.82 Å².